The molecule has 2 rings (SSSR count). The molecule has 1 aliphatic heterocycles. The summed E-state index contributed by atoms with van der Waals surface area (Å²) in [4.78, 5) is 25.2. The number of rotatable bonds is 3. The first-order chi connectivity index (χ1) is 8.61. The predicted octanol–water partition coefficient (Wildman–Crippen LogP) is 0.901. The van der Waals surface area contributed by atoms with E-state index >= 15 is 0 Å². The molecular weight excluding hydrogens is 234 g/mol. The molecule has 1 N–H and O–H groups in total. The van der Waals surface area contributed by atoms with Crippen molar-refractivity contribution in [2.24, 2.45) is 11.8 Å². The lowest BCUT2D eigenvalue weighted by Crippen LogP contribution is -2.44. The zero-order chi connectivity index (χ0) is 13.1. The molecule has 100 valence electrons. The van der Waals surface area contributed by atoms with Crippen molar-refractivity contribution in [3.63, 3.8) is 0 Å². The molecule has 1 amide bonds. The number of likely N-dealkylation sites (N-methyl/N-ethyl adjacent to an activating group) is 1. The normalized spacial score (nSPS) is 31.3. The topological polar surface area (TPSA) is 66.8 Å². The minimum absolute atomic E-state index is 0.0674. The smallest absolute Gasteiger partial charge is 0.307 e. The van der Waals surface area contributed by atoms with Gasteiger partial charge in [0.2, 0.25) is 5.91 Å². The molecule has 3 atom stereocenters. The highest BCUT2D eigenvalue weighted by molar-refractivity contribution is 5.85. The molecule has 1 aliphatic carbocycles. The van der Waals surface area contributed by atoms with E-state index in [2.05, 4.69) is 0 Å². The fourth-order valence-electron chi connectivity index (χ4n) is 2.63. The van der Waals surface area contributed by atoms with Crippen molar-refractivity contribution in [3.8, 4) is 0 Å². The minimum Gasteiger partial charge on any atom is -0.481 e. The van der Waals surface area contributed by atoms with Crippen LogP contribution in [-0.2, 0) is 14.3 Å². The average molecular weight is 253 g/mol. The Balaban J connectivity index is 2.06. The van der Waals surface area contributed by atoms with Crippen LogP contribution >= 0.6 is 0 Å². The summed E-state index contributed by atoms with van der Waals surface area (Å²) in [6.45, 7) is 1.23. The summed E-state index contributed by atoms with van der Waals surface area (Å²) in [5.41, 5.74) is 0. The highest BCUT2D eigenvalue weighted by Gasteiger charge is 2.37. The Bertz CT molecular complexity index is 360. The molecule has 1 saturated heterocycles. The van der Waals surface area contributed by atoms with Gasteiger partial charge in [0.15, 0.2) is 0 Å². The van der Waals surface area contributed by atoms with Crippen LogP contribution in [-0.4, -0.2) is 48.2 Å². The van der Waals surface area contributed by atoms with E-state index in [0.29, 0.717) is 26.1 Å². The number of carboxylic acid groups (broad SMARTS) is 1. The van der Waals surface area contributed by atoms with Crippen LogP contribution in [0.2, 0.25) is 0 Å². The second-order valence-corrected chi connectivity index (χ2v) is 4.96. The van der Waals surface area contributed by atoms with Gasteiger partial charge in [0.1, 0.15) is 0 Å². The number of allylic oxidation sites excluding steroid dienone is 2. The van der Waals surface area contributed by atoms with Gasteiger partial charge < -0.3 is 14.7 Å². The molecule has 1 unspecified atom stereocenters. The maximum atomic E-state index is 12.4. The maximum absolute atomic E-state index is 12.4. The molecule has 2 aliphatic rings. The van der Waals surface area contributed by atoms with E-state index in [-0.39, 0.29) is 11.9 Å². The lowest BCUT2D eigenvalue weighted by Gasteiger charge is -2.31. The van der Waals surface area contributed by atoms with Crippen LogP contribution in [0.3, 0.4) is 0 Å². The Morgan fingerprint density at radius 3 is 2.50 bits per heavy atom. The second kappa shape index (κ2) is 5.52. The van der Waals surface area contributed by atoms with E-state index in [1.54, 1.807) is 11.9 Å². The highest BCUT2D eigenvalue weighted by atomic mass is 16.5. The van der Waals surface area contributed by atoms with Gasteiger partial charge in [0, 0.05) is 13.7 Å². The molecule has 18 heavy (non-hydrogen) atoms. The van der Waals surface area contributed by atoms with Gasteiger partial charge in [-0.1, -0.05) is 12.2 Å². The SMILES string of the molecule is CN(C(=O)[C@@H]1CC=CC[C@@H]1C(=O)O)C1CCOC1. The second-order valence-electron chi connectivity index (χ2n) is 4.96. The molecule has 1 heterocycles. The van der Waals surface area contributed by atoms with E-state index in [1.807, 2.05) is 12.2 Å². The van der Waals surface area contributed by atoms with Gasteiger partial charge in [-0.05, 0) is 19.3 Å². The minimum atomic E-state index is -0.881. The molecule has 0 aromatic heterocycles. The molecule has 0 aromatic carbocycles. The molecule has 0 radical (unpaired) electrons. The maximum Gasteiger partial charge on any atom is 0.307 e. The van der Waals surface area contributed by atoms with Crippen molar-refractivity contribution < 1.29 is 19.4 Å². The Kier molecular flexibility index (Phi) is 4.01. The van der Waals surface area contributed by atoms with Crippen LogP contribution < -0.4 is 0 Å². The zero-order valence-electron chi connectivity index (χ0n) is 10.5. The quantitative estimate of drug-likeness (QED) is 0.759. The van der Waals surface area contributed by atoms with Crippen molar-refractivity contribution in [2.75, 3.05) is 20.3 Å². The number of hydrogen-bond donors (Lipinski definition) is 1. The van der Waals surface area contributed by atoms with Crippen LogP contribution in [0.15, 0.2) is 12.2 Å². The van der Waals surface area contributed by atoms with E-state index in [1.165, 1.54) is 0 Å². The molecule has 0 saturated carbocycles. The third-order valence-electron chi connectivity index (χ3n) is 3.87. The Morgan fingerprint density at radius 1 is 1.28 bits per heavy atom. The number of ether oxygens (including phenoxy) is 1. The highest BCUT2D eigenvalue weighted by Crippen LogP contribution is 2.28. The Hall–Kier alpha value is -1.36. The zero-order valence-corrected chi connectivity index (χ0v) is 10.5. The number of nitrogens with zero attached hydrogens (tertiary/aromatic N) is 1. The van der Waals surface area contributed by atoms with Crippen LogP contribution in [0, 0.1) is 11.8 Å². The number of hydrogen-bond acceptors (Lipinski definition) is 3. The first kappa shape index (κ1) is 13.1. The molecule has 1 fully saturated rings. The van der Waals surface area contributed by atoms with Gasteiger partial charge in [-0.25, -0.2) is 0 Å². The van der Waals surface area contributed by atoms with E-state index < -0.39 is 17.8 Å². The summed E-state index contributed by atoms with van der Waals surface area (Å²) < 4.78 is 5.27. The number of aliphatic carboxylic acids is 1. The number of carboxylic acids is 1. The fourth-order valence-corrected chi connectivity index (χ4v) is 2.63. The van der Waals surface area contributed by atoms with E-state index in [4.69, 9.17) is 4.74 Å². The van der Waals surface area contributed by atoms with Gasteiger partial charge in [0.05, 0.1) is 24.5 Å². The summed E-state index contributed by atoms with van der Waals surface area (Å²) in [6.07, 6.45) is 5.55. The van der Waals surface area contributed by atoms with Crippen LogP contribution in [0.1, 0.15) is 19.3 Å². The molecule has 0 aromatic rings. The third kappa shape index (κ3) is 2.56. The molecule has 5 nitrogen and oxygen atoms in total. The monoisotopic (exact) mass is 253 g/mol. The van der Waals surface area contributed by atoms with Gasteiger partial charge in [-0.15, -0.1) is 0 Å². The Labute approximate surface area is 106 Å². The van der Waals surface area contributed by atoms with Crippen molar-refractivity contribution in [1.29, 1.82) is 0 Å². The van der Waals surface area contributed by atoms with E-state index in [0.717, 1.165) is 6.42 Å². The number of carbonyl (C=O) groups is 2. The summed E-state index contributed by atoms with van der Waals surface area (Å²) >= 11 is 0. The van der Waals surface area contributed by atoms with Crippen molar-refractivity contribution in [1.82, 2.24) is 4.90 Å². The third-order valence-corrected chi connectivity index (χ3v) is 3.87. The largest absolute Gasteiger partial charge is 0.481 e. The first-order valence-electron chi connectivity index (χ1n) is 6.33. The van der Waals surface area contributed by atoms with Gasteiger partial charge >= 0.3 is 5.97 Å². The van der Waals surface area contributed by atoms with Crippen molar-refractivity contribution >= 4 is 11.9 Å². The predicted molar refractivity (Wildman–Crippen MR) is 65.0 cm³/mol. The Morgan fingerprint density at radius 2 is 1.94 bits per heavy atom. The number of carbonyl (C=O) groups excluding carboxylic acids is 1. The van der Waals surface area contributed by atoms with Crippen LogP contribution in [0.5, 0.6) is 0 Å². The van der Waals surface area contributed by atoms with Crippen LogP contribution in [0.4, 0.5) is 0 Å². The summed E-state index contributed by atoms with van der Waals surface area (Å²) in [5, 5.41) is 9.18. The summed E-state index contributed by atoms with van der Waals surface area (Å²) in [5.74, 6) is -1.97. The lowest BCUT2D eigenvalue weighted by molar-refractivity contribution is -0.150. The van der Waals surface area contributed by atoms with Gasteiger partial charge in [-0.3, -0.25) is 9.59 Å². The van der Waals surface area contributed by atoms with Crippen LogP contribution in [0.25, 0.3) is 0 Å². The molecular formula is C13H19NO4. The van der Waals surface area contributed by atoms with Gasteiger partial charge in [0.25, 0.3) is 0 Å². The standard InChI is InChI=1S/C13H19NO4/c1-14(9-6-7-18-8-9)12(15)10-4-2-3-5-11(10)13(16)17/h2-3,9-11H,4-8H2,1H3,(H,16,17)/t9?,10-,11+/m1/s1. The summed E-state index contributed by atoms with van der Waals surface area (Å²) in [6, 6.07) is 0.0952. The fraction of sp³-hybridized carbons (Fsp3) is 0.692. The summed E-state index contributed by atoms with van der Waals surface area (Å²) in [7, 11) is 1.75. The number of amides is 1. The lowest BCUT2D eigenvalue weighted by atomic mass is 9.82. The van der Waals surface area contributed by atoms with Crippen molar-refractivity contribution in [2.45, 2.75) is 25.3 Å². The molecule has 0 spiro atoms. The first-order valence-corrected chi connectivity index (χ1v) is 6.33. The molecule has 0 bridgehead atoms. The van der Waals surface area contributed by atoms with Gasteiger partial charge in [-0.2, -0.15) is 0 Å². The van der Waals surface area contributed by atoms with E-state index in [9.17, 15) is 14.7 Å². The average Bonchev–Trinajstić information content (AvgIpc) is 2.90. The van der Waals surface area contributed by atoms with Crippen molar-refractivity contribution in [3.05, 3.63) is 12.2 Å². The molecule has 5 heteroatoms.